The molecule has 2 unspecified atom stereocenters. The van der Waals surface area contributed by atoms with Gasteiger partial charge in [0.05, 0.1) is 0 Å². The second kappa shape index (κ2) is 7.70. The molecule has 0 aliphatic heterocycles. The highest BCUT2D eigenvalue weighted by Gasteiger charge is 2.25. The number of anilines is 1. The van der Waals surface area contributed by atoms with Crippen LogP contribution < -0.4 is 10.6 Å². The van der Waals surface area contributed by atoms with Gasteiger partial charge < -0.3 is 15.7 Å². The molecule has 9 nitrogen and oxygen atoms in total. The molecule has 0 aliphatic rings. The van der Waals surface area contributed by atoms with Gasteiger partial charge in [0.25, 0.3) is 0 Å². The van der Waals surface area contributed by atoms with E-state index in [-0.39, 0.29) is 5.92 Å². The van der Waals surface area contributed by atoms with Crippen LogP contribution in [-0.4, -0.2) is 43.0 Å². The maximum atomic E-state index is 12.2. The molecule has 27 heavy (non-hydrogen) atoms. The largest absolute Gasteiger partial charge is 0.480 e. The first-order valence-corrected chi connectivity index (χ1v) is 9.30. The fourth-order valence-electron chi connectivity index (χ4n) is 2.55. The minimum Gasteiger partial charge on any atom is -0.480 e. The van der Waals surface area contributed by atoms with Crippen molar-refractivity contribution in [2.45, 2.75) is 33.2 Å². The molecule has 3 N–H and O–H groups in total. The van der Waals surface area contributed by atoms with Crippen molar-refractivity contribution in [1.29, 1.82) is 0 Å². The summed E-state index contributed by atoms with van der Waals surface area (Å²) in [5, 5.41) is 27.7. The highest BCUT2D eigenvalue weighted by Crippen LogP contribution is 2.27. The van der Waals surface area contributed by atoms with E-state index >= 15 is 0 Å². The summed E-state index contributed by atoms with van der Waals surface area (Å²) in [6, 6.07) is 5.68. The maximum absolute atomic E-state index is 12.2. The Bertz CT molecular complexity index is 982. The zero-order valence-corrected chi connectivity index (χ0v) is 15.9. The number of carboxylic acids is 1. The number of fused-ring (bicyclic) bond motifs is 1. The minimum absolute atomic E-state index is 0.178. The lowest BCUT2D eigenvalue weighted by molar-refractivity contribution is -0.140. The summed E-state index contributed by atoms with van der Waals surface area (Å²) in [4.78, 5) is 24.3. The Hall–Kier alpha value is -3.01. The normalized spacial score (nSPS) is 13.3. The monoisotopic (exact) mass is 388 g/mol. The van der Waals surface area contributed by atoms with Crippen molar-refractivity contribution in [3.05, 3.63) is 30.1 Å². The summed E-state index contributed by atoms with van der Waals surface area (Å²) in [5.74, 6) is -0.530. The van der Waals surface area contributed by atoms with Gasteiger partial charge in [-0.1, -0.05) is 43.7 Å². The van der Waals surface area contributed by atoms with Crippen LogP contribution in [0.2, 0.25) is 0 Å². The molecule has 0 fully saturated rings. The van der Waals surface area contributed by atoms with E-state index in [1.165, 1.54) is 11.3 Å². The summed E-state index contributed by atoms with van der Waals surface area (Å²) >= 11 is 1.39. The van der Waals surface area contributed by atoms with E-state index < -0.39 is 18.0 Å². The molecule has 0 radical (unpaired) electrons. The molecule has 3 rings (SSSR count). The standard InChI is InChI=1S/C17H20N6O3S/c1-4-9(2)13(15(24)25)19-16(26)18-12-7-5-6-11(8-12)14-22-23-10(3)20-21-17(23)27-14/h5-9,13H,4H2,1-3H3,(H,24,25)(H2,18,19,26). The van der Waals surface area contributed by atoms with E-state index in [1.54, 1.807) is 29.6 Å². The lowest BCUT2D eigenvalue weighted by Crippen LogP contribution is -2.46. The number of carbonyl (C=O) groups is 2. The molecule has 3 aromatic rings. The van der Waals surface area contributed by atoms with Crippen molar-refractivity contribution in [2.24, 2.45) is 5.92 Å². The molecule has 2 atom stereocenters. The van der Waals surface area contributed by atoms with Gasteiger partial charge in [0, 0.05) is 11.3 Å². The summed E-state index contributed by atoms with van der Waals surface area (Å²) in [5.41, 5.74) is 1.36. The third-order valence-electron chi connectivity index (χ3n) is 4.28. The van der Waals surface area contributed by atoms with Crippen LogP contribution in [0.25, 0.3) is 15.5 Å². The SMILES string of the molecule is CCC(C)C(NC(=O)Nc1cccc(-c2nn3c(C)nnc3s2)c1)C(=O)O. The minimum atomic E-state index is -1.05. The highest BCUT2D eigenvalue weighted by molar-refractivity contribution is 7.19. The number of nitrogens with one attached hydrogen (secondary N) is 2. The van der Waals surface area contributed by atoms with Crippen molar-refractivity contribution < 1.29 is 14.7 Å². The van der Waals surface area contributed by atoms with Gasteiger partial charge in [-0.25, -0.2) is 9.59 Å². The van der Waals surface area contributed by atoms with Crippen molar-refractivity contribution in [2.75, 3.05) is 5.32 Å². The fourth-order valence-corrected chi connectivity index (χ4v) is 3.43. The number of hydrogen-bond acceptors (Lipinski definition) is 6. The highest BCUT2D eigenvalue weighted by atomic mass is 32.1. The lowest BCUT2D eigenvalue weighted by atomic mass is 9.99. The Morgan fingerprint density at radius 3 is 2.78 bits per heavy atom. The van der Waals surface area contributed by atoms with Gasteiger partial charge in [-0.05, 0) is 25.0 Å². The zero-order chi connectivity index (χ0) is 19.6. The van der Waals surface area contributed by atoms with Crippen LogP contribution >= 0.6 is 11.3 Å². The average molecular weight is 388 g/mol. The molecule has 1 aromatic carbocycles. The number of aryl methyl sites for hydroxylation is 1. The number of nitrogens with zero attached hydrogens (tertiary/aromatic N) is 4. The van der Waals surface area contributed by atoms with Gasteiger partial charge in [-0.2, -0.15) is 9.61 Å². The first kappa shape index (κ1) is 18.8. The lowest BCUT2D eigenvalue weighted by Gasteiger charge is -2.20. The van der Waals surface area contributed by atoms with Gasteiger partial charge in [-0.15, -0.1) is 10.2 Å². The number of aliphatic carboxylic acids is 1. The molecular weight excluding hydrogens is 368 g/mol. The van der Waals surface area contributed by atoms with Crippen LogP contribution in [0.15, 0.2) is 24.3 Å². The second-order valence-corrected chi connectivity index (χ2v) is 7.19. The second-order valence-electron chi connectivity index (χ2n) is 6.23. The van der Waals surface area contributed by atoms with Gasteiger partial charge >= 0.3 is 12.0 Å². The first-order chi connectivity index (χ1) is 12.9. The van der Waals surface area contributed by atoms with E-state index in [1.807, 2.05) is 19.9 Å². The first-order valence-electron chi connectivity index (χ1n) is 8.48. The Morgan fingerprint density at radius 1 is 1.33 bits per heavy atom. The van der Waals surface area contributed by atoms with Crippen LogP contribution in [0.5, 0.6) is 0 Å². The number of carboxylic acid groups (broad SMARTS) is 1. The third kappa shape index (κ3) is 4.05. The Balaban J connectivity index is 1.75. The predicted molar refractivity (Wildman–Crippen MR) is 102 cm³/mol. The van der Waals surface area contributed by atoms with E-state index in [0.717, 1.165) is 10.6 Å². The van der Waals surface area contributed by atoms with Crippen LogP contribution in [-0.2, 0) is 4.79 Å². The molecule has 0 spiro atoms. The zero-order valence-electron chi connectivity index (χ0n) is 15.1. The molecule has 10 heteroatoms. The van der Waals surface area contributed by atoms with E-state index in [4.69, 9.17) is 0 Å². The number of aromatic nitrogens is 4. The summed E-state index contributed by atoms with van der Waals surface area (Å²) in [7, 11) is 0. The predicted octanol–water partition coefficient (Wildman–Crippen LogP) is 2.78. The van der Waals surface area contributed by atoms with Crippen molar-refractivity contribution in [3.63, 3.8) is 0 Å². The molecule has 0 saturated heterocycles. The van der Waals surface area contributed by atoms with Gasteiger partial charge in [-0.3, -0.25) is 0 Å². The molecule has 2 aromatic heterocycles. The summed E-state index contributed by atoms with van der Waals surface area (Å²) in [6.45, 7) is 5.49. The number of rotatable bonds is 6. The quantitative estimate of drug-likeness (QED) is 0.597. The van der Waals surface area contributed by atoms with Crippen LogP contribution in [0.4, 0.5) is 10.5 Å². The van der Waals surface area contributed by atoms with E-state index in [2.05, 4.69) is 25.9 Å². The molecule has 0 saturated carbocycles. The Labute approximate surface area is 159 Å². The molecule has 142 valence electrons. The van der Waals surface area contributed by atoms with Gasteiger partial charge in [0.2, 0.25) is 4.96 Å². The number of benzene rings is 1. The smallest absolute Gasteiger partial charge is 0.326 e. The van der Waals surface area contributed by atoms with Crippen molar-refractivity contribution >= 4 is 34.0 Å². The van der Waals surface area contributed by atoms with E-state index in [9.17, 15) is 14.7 Å². The van der Waals surface area contributed by atoms with Gasteiger partial charge in [0.15, 0.2) is 5.82 Å². The molecule has 0 bridgehead atoms. The Kier molecular flexibility index (Phi) is 5.36. The van der Waals surface area contributed by atoms with Crippen LogP contribution in [0.3, 0.4) is 0 Å². The van der Waals surface area contributed by atoms with Crippen molar-refractivity contribution in [3.8, 4) is 10.6 Å². The number of urea groups is 1. The van der Waals surface area contributed by atoms with Crippen LogP contribution in [0, 0.1) is 12.8 Å². The van der Waals surface area contributed by atoms with Crippen LogP contribution in [0.1, 0.15) is 26.1 Å². The van der Waals surface area contributed by atoms with E-state index in [0.29, 0.717) is 22.9 Å². The molecule has 2 amide bonds. The summed E-state index contributed by atoms with van der Waals surface area (Å²) in [6.07, 6.45) is 0.646. The summed E-state index contributed by atoms with van der Waals surface area (Å²) < 4.78 is 1.66. The number of carbonyl (C=O) groups excluding carboxylic acids is 1. The average Bonchev–Trinajstić information content (AvgIpc) is 3.21. The fraction of sp³-hybridized carbons (Fsp3) is 0.353. The number of amides is 2. The van der Waals surface area contributed by atoms with Gasteiger partial charge in [0.1, 0.15) is 11.0 Å². The van der Waals surface area contributed by atoms with Crippen molar-refractivity contribution in [1.82, 2.24) is 25.1 Å². The molecule has 2 heterocycles. The maximum Gasteiger partial charge on any atom is 0.326 e. The molecule has 0 aliphatic carbocycles. The third-order valence-corrected chi connectivity index (χ3v) is 5.23. The Morgan fingerprint density at radius 2 is 2.11 bits per heavy atom. The number of hydrogen-bond donors (Lipinski definition) is 3. The topological polar surface area (TPSA) is 122 Å². The molecular formula is C17H20N6O3S.